The Morgan fingerprint density at radius 2 is 1.78 bits per heavy atom. The minimum absolute atomic E-state index is 0.461. The molecule has 0 aromatic heterocycles. The number of carbonyl (C=O) groups excluding carboxylic acids is 1. The molecule has 0 aliphatic carbocycles. The molecule has 0 unspecified atom stereocenters. The average Bonchev–Trinajstić information content (AvgIpc) is 2.19. The van der Waals surface area contributed by atoms with Crippen molar-refractivity contribution >= 4 is 17.5 Å². The predicted molar refractivity (Wildman–Crippen MR) is 74.9 cm³/mol. The van der Waals surface area contributed by atoms with Gasteiger partial charge in [0.15, 0.2) is 0 Å². The maximum Gasteiger partial charge on any atom is 0.412 e. The fraction of sp³-hybridized carbons (Fsp3) is 0.500. The molecule has 0 aliphatic rings. The maximum atomic E-state index is 11.8. The fourth-order valence-electron chi connectivity index (χ4n) is 1.80. The lowest BCUT2D eigenvalue weighted by atomic mass is 10.0. The number of nitrogen functional groups attached to an aromatic ring is 1. The highest BCUT2D eigenvalue weighted by atomic mass is 16.6. The van der Waals surface area contributed by atoms with E-state index in [9.17, 15) is 4.79 Å². The third-order valence-electron chi connectivity index (χ3n) is 2.66. The van der Waals surface area contributed by atoms with Crippen molar-refractivity contribution in [3.8, 4) is 0 Å². The van der Waals surface area contributed by atoms with Gasteiger partial charge in [0.05, 0.1) is 5.69 Å². The van der Waals surface area contributed by atoms with Crippen LogP contribution in [0.25, 0.3) is 0 Å². The van der Waals surface area contributed by atoms with Crippen LogP contribution in [-0.2, 0) is 4.74 Å². The molecular formula is C14H22N2O2. The molecule has 0 aliphatic heterocycles. The highest BCUT2D eigenvalue weighted by Gasteiger charge is 2.18. The number of ether oxygens (including phenoxy) is 1. The zero-order valence-corrected chi connectivity index (χ0v) is 12.0. The molecule has 4 heteroatoms. The summed E-state index contributed by atoms with van der Waals surface area (Å²) in [5.41, 5.74) is 9.74. The van der Waals surface area contributed by atoms with E-state index in [1.165, 1.54) is 0 Å². The lowest BCUT2D eigenvalue weighted by Crippen LogP contribution is -2.27. The SMILES string of the molecule is Cc1cc(C)c(NC(=O)OC(C)(C)C)c(C)c1N. The molecule has 0 spiro atoms. The first-order valence-corrected chi connectivity index (χ1v) is 5.98. The van der Waals surface area contributed by atoms with Crippen LogP contribution in [0, 0.1) is 20.8 Å². The smallest absolute Gasteiger partial charge is 0.412 e. The number of carbonyl (C=O) groups is 1. The van der Waals surface area contributed by atoms with E-state index in [-0.39, 0.29) is 0 Å². The van der Waals surface area contributed by atoms with Gasteiger partial charge < -0.3 is 10.5 Å². The van der Waals surface area contributed by atoms with Gasteiger partial charge in [-0.15, -0.1) is 0 Å². The summed E-state index contributed by atoms with van der Waals surface area (Å²) in [5.74, 6) is 0. The number of nitrogens with one attached hydrogen (secondary N) is 1. The molecule has 1 amide bonds. The number of anilines is 2. The van der Waals surface area contributed by atoms with Crippen molar-refractivity contribution in [2.45, 2.75) is 47.1 Å². The van der Waals surface area contributed by atoms with E-state index in [4.69, 9.17) is 10.5 Å². The van der Waals surface area contributed by atoms with E-state index < -0.39 is 11.7 Å². The van der Waals surface area contributed by atoms with Crippen molar-refractivity contribution in [3.63, 3.8) is 0 Å². The Balaban J connectivity index is 2.99. The summed E-state index contributed by atoms with van der Waals surface area (Å²) in [7, 11) is 0. The van der Waals surface area contributed by atoms with Crippen molar-refractivity contribution in [2.75, 3.05) is 11.1 Å². The van der Waals surface area contributed by atoms with Crippen LogP contribution in [0.4, 0.5) is 16.2 Å². The summed E-state index contributed by atoms with van der Waals surface area (Å²) in [6.07, 6.45) is -0.461. The van der Waals surface area contributed by atoms with Crippen molar-refractivity contribution in [1.82, 2.24) is 0 Å². The number of rotatable bonds is 1. The largest absolute Gasteiger partial charge is 0.444 e. The molecule has 0 saturated heterocycles. The van der Waals surface area contributed by atoms with Crippen molar-refractivity contribution < 1.29 is 9.53 Å². The number of hydrogen-bond acceptors (Lipinski definition) is 3. The second-order valence-corrected chi connectivity index (χ2v) is 5.55. The molecule has 1 rings (SSSR count). The minimum atomic E-state index is -0.512. The second kappa shape index (κ2) is 4.88. The molecule has 1 aromatic carbocycles. The zero-order valence-electron chi connectivity index (χ0n) is 12.0. The van der Waals surface area contributed by atoms with Gasteiger partial charge in [0.25, 0.3) is 0 Å². The lowest BCUT2D eigenvalue weighted by Gasteiger charge is -2.21. The summed E-state index contributed by atoms with van der Waals surface area (Å²) >= 11 is 0. The molecular weight excluding hydrogens is 228 g/mol. The van der Waals surface area contributed by atoms with Crippen LogP contribution in [0.2, 0.25) is 0 Å². The molecule has 0 radical (unpaired) electrons. The van der Waals surface area contributed by atoms with E-state index in [2.05, 4.69) is 5.32 Å². The maximum absolute atomic E-state index is 11.8. The monoisotopic (exact) mass is 250 g/mol. The van der Waals surface area contributed by atoms with Gasteiger partial charge in [-0.2, -0.15) is 0 Å². The van der Waals surface area contributed by atoms with Gasteiger partial charge in [-0.05, 0) is 58.2 Å². The topological polar surface area (TPSA) is 64.3 Å². The Labute approximate surface area is 109 Å². The number of amides is 1. The molecule has 3 N–H and O–H groups in total. The molecule has 0 heterocycles. The zero-order chi connectivity index (χ0) is 14.1. The van der Waals surface area contributed by atoms with Gasteiger partial charge in [0.1, 0.15) is 5.60 Å². The van der Waals surface area contributed by atoms with Gasteiger partial charge in [0.2, 0.25) is 0 Å². The number of benzene rings is 1. The number of hydrogen-bond donors (Lipinski definition) is 2. The molecule has 100 valence electrons. The van der Waals surface area contributed by atoms with Gasteiger partial charge in [-0.3, -0.25) is 5.32 Å². The van der Waals surface area contributed by atoms with Crippen LogP contribution in [0.15, 0.2) is 6.07 Å². The molecule has 0 saturated carbocycles. The first-order chi connectivity index (χ1) is 8.11. The molecule has 0 atom stereocenters. The van der Waals surface area contributed by atoms with Crippen LogP contribution >= 0.6 is 0 Å². The number of nitrogens with two attached hydrogens (primary N) is 1. The van der Waals surface area contributed by atoms with Gasteiger partial charge in [-0.25, -0.2) is 4.79 Å². The Kier molecular flexibility index (Phi) is 3.89. The van der Waals surface area contributed by atoms with Crippen LogP contribution in [-0.4, -0.2) is 11.7 Å². The number of aryl methyl sites for hydroxylation is 2. The third kappa shape index (κ3) is 3.39. The van der Waals surface area contributed by atoms with E-state index in [1.54, 1.807) is 0 Å². The highest BCUT2D eigenvalue weighted by molar-refractivity contribution is 5.89. The summed E-state index contributed by atoms with van der Waals surface area (Å²) in [6.45, 7) is 11.3. The summed E-state index contributed by atoms with van der Waals surface area (Å²) in [5, 5.41) is 2.76. The van der Waals surface area contributed by atoms with Crippen molar-refractivity contribution in [1.29, 1.82) is 0 Å². The highest BCUT2D eigenvalue weighted by Crippen LogP contribution is 2.28. The Morgan fingerprint density at radius 3 is 2.28 bits per heavy atom. The Morgan fingerprint density at radius 1 is 1.22 bits per heavy atom. The minimum Gasteiger partial charge on any atom is -0.444 e. The first kappa shape index (κ1) is 14.4. The normalized spacial score (nSPS) is 11.2. The van der Waals surface area contributed by atoms with Crippen LogP contribution in [0.3, 0.4) is 0 Å². The van der Waals surface area contributed by atoms with E-state index in [0.717, 1.165) is 22.4 Å². The van der Waals surface area contributed by atoms with E-state index in [0.29, 0.717) is 5.69 Å². The molecule has 18 heavy (non-hydrogen) atoms. The van der Waals surface area contributed by atoms with Crippen LogP contribution in [0.5, 0.6) is 0 Å². The summed E-state index contributed by atoms with van der Waals surface area (Å²) in [6, 6.07) is 1.95. The molecule has 1 aromatic rings. The molecule has 0 fully saturated rings. The standard InChI is InChI=1S/C14H22N2O2/c1-8-7-9(2)12(10(3)11(8)15)16-13(17)18-14(4,5)6/h7H,15H2,1-6H3,(H,16,17). The third-order valence-corrected chi connectivity index (χ3v) is 2.66. The van der Waals surface area contributed by atoms with Crippen molar-refractivity contribution in [3.05, 3.63) is 22.8 Å². The lowest BCUT2D eigenvalue weighted by molar-refractivity contribution is 0.0635. The quantitative estimate of drug-likeness (QED) is 0.749. The predicted octanol–water partition coefficient (Wildman–Crippen LogP) is 3.54. The Hall–Kier alpha value is -1.71. The van der Waals surface area contributed by atoms with Gasteiger partial charge in [0, 0.05) is 5.69 Å². The Bertz CT molecular complexity index is 474. The van der Waals surface area contributed by atoms with Crippen LogP contribution in [0.1, 0.15) is 37.5 Å². The van der Waals surface area contributed by atoms with Gasteiger partial charge in [-0.1, -0.05) is 6.07 Å². The van der Waals surface area contributed by atoms with E-state index >= 15 is 0 Å². The second-order valence-electron chi connectivity index (χ2n) is 5.55. The van der Waals surface area contributed by atoms with Gasteiger partial charge >= 0.3 is 6.09 Å². The molecule has 4 nitrogen and oxygen atoms in total. The average molecular weight is 250 g/mol. The van der Waals surface area contributed by atoms with E-state index in [1.807, 2.05) is 47.6 Å². The van der Waals surface area contributed by atoms with Crippen LogP contribution < -0.4 is 11.1 Å². The first-order valence-electron chi connectivity index (χ1n) is 5.98. The molecule has 0 bridgehead atoms. The fourth-order valence-corrected chi connectivity index (χ4v) is 1.80. The van der Waals surface area contributed by atoms with Crippen molar-refractivity contribution in [2.24, 2.45) is 0 Å². The summed E-state index contributed by atoms with van der Waals surface area (Å²) < 4.78 is 5.23. The summed E-state index contributed by atoms with van der Waals surface area (Å²) in [4.78, 5) is 11.8.